The molecule has 0 spiro atoms. The second-order valence-corrected chi connectivity index (χ2v) is 8.91. The number of aryl methyl sites for hydroxylation is 2. The average Bonchev–Trinajstić information content (AvgIpc) is 2.70. The first kappa shape index (κ1) is 21.8. The van der Waals surface area contributed by atoms with Gasteiger partial charge in [-0.15, -0.1) is 0 Å². The van der Waals surface area contributed by atoms with E-state index in [1.54, 1.807) is 43.5 Å². The summed E-state index contributed by atoms with van der Waals surface area (Å²) in [6, 6.07) is 17.0. The van der Waals surface area contributed by atoms with Crippen LogP contribution in [0.25, 0.3) is 0 Å². The molecule has 1 amide bonds. The molecule has 30 heavy (non-hydrogen) atoms. The van der Waals surface area contributed by atoms with Gasteiger partial charge in [-0.05, 0) is 67.8 Å². The number of carbonyl (C=O) groups excluding carboxylic acids is 1. The molecule has 0 fully saturated rings. The van der Waals surface area contributed by atoms with E-state index < -0.39 is 10.0 Å². The number of anilines is 2. The Hall–Kier alpha value is -2.90. The van der Waals surface area contributed by atoms with E-state index in [1.165, 1.54) is 12.1 Å². The molecule has 156 valence electrons. The monoisotopic (exact) mass is 443 g/mol. The van der Waals surface area contributed by atoms with Gasteiger partial charge in [-0.25, -0.2) is 8.42 Å². The molecule has 0 radical (unpaired) electrons. The molecule has 3 aromatic rings. The van der Waals surface area contributed by atoms with E-state index in [-0.39, 0.29) is 10.8 Å². The van der Waals surface area contributed by atoms with Crippen molar-refractivity contribution in [1.82, 2.24) is 4.98 Å². The highest BCUT2D eigenvalue weighted by molar-refractivity contribution is 7.92. The number of amides is 1. The third kappa shape index (κ3) is 6.05. The Morgan fingerprint density at radius 2 is 1.87 bits per heavy atom. The number of aromatic nitrogens is 1. The molecule has 0 aliphatic rings. The summed E-state index contributed by atoms with van der Waals surface area (Å²) in [6.45, 7) is 1.70. The molecule has 0 unspecified atom stereocenters. The highest BCUT2D eigenvalue weighted by Crippen LogP contribution is 2.24. The van der Waals surface area contributed by atoms with Gasteiger partial charge in [-0.2, -0.15) is 0 Å². The predicted octanol–water partition coefficient (Wildman–Crippen LogP) is 4.81. The molecule has 0 saturated carbocycles. The standard InChI is InChI=1S/C22H22ClN3O3S/c1-16-11-12-19(25-22(27)10-5-8-18-7-2-3-13-24-18)15-21(16)30(28,29)26-20-9-4-6-17(23)14-20/h2-4,6-7,9,11-15,26H,5,8,10H2,1H3,(H,25,27). The van der Waals surface area contributed by atoms with Crippen molar-refractivity contribution in [3.05, 3.63) is 83.1 Å². The highest BCUT2D eigenvalue weighted by Gasteiger charge is 2.18. The average molecular weight is 444 g/mol. The molecule has 0 atom stereocenters. The summed E-state index contributed by atoms with van der Waals surface area (Å²) < 4.78 is 28.2. The highest BCUT2D eigenvalue weighted by atomic mass is 35.5. The van der Waals surface area contributed by atoms with E-state index >= 15 is 0 Å². The van der Waals surface area contributed by atoms with Gasteiger partial charge in [0, 0.05) is 29.0 Å². The number of hydrogen-bond acceptors (Lipinski definition) is 4. The lowest BCUT2D eigenvalue weighted by Gasteiger charge is -2.13. The van der Waals surface area contributed by atoms with Crippen LogP contribution in [-0.4, -0.2) is 19.3 Å². The number of benzene rings is 2. The van der Waals surface area contributed by atoms with Crippen LogP contribution in [0.2, 0.25) is 5.02 Å². The van der Waals surface area contributed by atoms with E-state index in [1.807, 2.05) is 18.2 Å². The zero-order valence-corrected chi connectivity index (χ0v) is 18.0. The zero-order chi connectivity index (χ0) is 21.6. The van der Waals surface area contributed by atoms with Crippen molar-refractivity contribution in [1.29, 1.82) is 0 Å². The van der Waals surface area contributed by atoms with E-state index in [9.17, 15) is 13.2 Å². The second-order valence-electron chi connectivity index (χ2n) is 6.82. The van der Waals surface area contributed by atoms with Gasteiger partial charge in [0.25, 0.3) is 10.0 Å². The Morgan fingerprint density at radius 3 is 2.60 bits per heavy atom. The van der Waals surface area contributed by atoms with Crippen LogP contribution < -0.4 is 10.0 Å². The van der Waals surface area contributed by atoms with Crippen molar-refractivity contribution in [3.63, 3.8) is 0 Å². The second kappa shape index (κ2) is 9.73. The lowest BCUT2D eigenvalue weighted by molar-refractivity contribution is -0.116. The van der Waals surface area contributed by atoms with Crippen LogP contribution in [0.15, 0.2) is 71.8 Å². The number of carbonyl (C=O) groups is 1. The minimum atomic E-state index is -3.84. The van der Waals surface area contributed by atoms with Crippen molar-refractivity contribution in [2.24, 2.45) is 0 Å². The van der Waals surface area contributed by atoms with Gasteiger partial charge in [-0.3, -0.25) is 14.5 Å². The summed E-state index contributed by atoms with van der Waals surface area (Å²) in [5.41, 5.74) is 2.29. The first-order valence-corrected chi connectivity index (χ1v) is 11.3. The first-order valence-electron chi connectivity index (χ1n) is 9.42. The summed E-state index contributed by atoms with van der Waals surface area (Å²) in [5.74, 6) is -0.180. The molecule has 0 aliphatic heterocycles. The number of hydrogen-bond donors (Lipinski definition) is 2. The Morgan fingerprint density at radius 1 is 1.03 bits per heavy atom. The summed E-state index contributed by atoms with van der Waals surface area (Å²) in [6.07, 6.45) is 3.38. The van der Waals surface area contributed by atoms with Crippen molar-refractivity contribution in [2.75, 3.05) is 10.0 Å². The van der Waals surface area contributed by atoms with Gasteiger partial charge in [0.15, 0.2) is 0 Å². The minimum absolute atomic E-state index is 0.0914. The molecule has 3 rings (SSSR count). The SMILES string of the molecule is Cc1ccc(NC(=O)CCCc2ccccn2)cc1S(=O)(=O)Nc1cccc(Cl)c1. The summed E-state index contributed by atoms with van der Waals surface area (Å²) >= 11 is 5.93. The van der Waals surface area contributed by atoms with Crippen LogP contribution in [0.4, 0.5) is 11.4 Å². The Labute approximate surface area is 181 Å². The number of nitrogens with zero attached hydrogens (tertiary/aromatic N) is 1. The summed E-state index contributed by atoms with van der Waals surface area (Å²) in [5, 5.41) is 3.20. The normalized spacial score (nSPS) is 11.1. The van der Waals surface area contributed by atoms with E-state index in [0.29, 0.717) is 41.2 Å². The Bertz CT molecular complexity index is 1140. The van der Waals surface area contributed by atoms with E-state index in [0.717, 1.165) is 5.69 Å². The quantitative estimate of drug-likeness (QED) is 0.523. The predicted molar refractivity (Wildman–Crippen MR) is 119 cm³/mol. The maximum Gasteiger partial charge on any atom is 0.262 e. The fourth-order valence-corrected chi connectivity index (χ4v) is 4.44. The Kier molecular flexibility index (Phi) is 7.07. The third-order valence-electron chi connectivity index (χ3n) is 4.40. The van der Waals surface area contributed by atoms with Gasteiger partial charge >= 0.3 is 0 Å². The van der Waals surface area contributed by atoms with Gasteiger partial charge in [0.2, 0.25) is 5.91 Å². The number of nitrogens with one attached hydrogen (secondary N) is 2. The number of sulfonamides is 1. The molecular formula is C22H22ClN3O3S. The largest absolute Gasteiger partial charge is 0.326 e. The lowest BCUT2D eigenvalue weighted by Crippen LogP contribution is -2.16. The lowest BCUT2D eigenvalue weighted by atomic mass is 10.1. The van der Waals surface area contributed by atoms with Crippen LogP contribution in [0, 0.1) is 6.92 Å². The first-order chi connectivity index (χ1) is 14.3. The third-order valence-corrected chi connectivity index (χ3v) is 6.16. The van der Waals surface area contributed by atoms with Crippen LogP contribution in [-0.2, 0) is 21.2 Å². The van der Waals surface area contributed by atoms with Crippen molar-refractivity contribution < 1.29 is 13.2 Å². The van der Waals surface area contributed by atoms with Crippen molar-refractivity contribution >= 4 is 38.9 Å². The molecular weight excluding hydrogens is 422 g/mol. The molecule has 0 saturated heterocycles. The maximum atomic E-state index is 12.8. The molecule has 8 heteroatoms. The maximum absolute atomic E-state index is 12.8. The smallest absolute Gasteiger partial charge is 0.262 e. The Balaban J connectivity index is 1.66. The molecule has 1 aromatic heterocycles. The van der Waals surface area contributed by atoms with Crippen molar-refractivity contribution in [3.8, 4) is 0 Å². The van der Waals surface area contributed by atoms with E-state index in [2.05, 4.69) is 15.0 Å². The molecule has 2 N–H and O–H groups in total. The zero-order valence-electron chi connectivity index (χ0n) is 16.4. The fraction of sp³-hybridized carbons (Fsp3) is 0.182. The van der Waals surface area contributed by atoms with Crippen LogP contribution in [0.1, 0.15) is 24.1 Å². The molecule has 2 aromatic carbocycles. The van der Waals surface area contributed by atoms with Gasteiger partial charge in [-0.1, -0.05) is 29.8 Å². The molecule has 0 aliphatic carbocycles. The van der Waals surface area contributed by atoms with E-state index in [4.69, 9.17) is 11.6 Å². The molecule has 0 bridgehead atoms. The number of rotatable bonds is 8. The van der Waals surface area contributed by atoms with Crippen LogP contribution >= 0.6 is 11.6 Å². The minimum Gasteiger partial charge on any atom is -0.326 e. The summed E-state index contributed by atoms with van der Waals surface area (Å²) in [7, 11) is -3.84. The van der Waals surface area contributed by atoms with Crippen molar-refractivity contribution in [2.45, 2.75) is 31.1 Å². The van der Waals surface area contributed by atoms with Gasteiger partial charge in [0.05, 0.1) is 10.6 Å². The fourth-order valence-electron chi connectivity index (χ4n) is 2.93. The molecule has 1 heterocycles. The van der Waals surface area contributed by atoms with Gasteiger partial charge < -0.3 is 5.32 Å². The molecule has 6 nitrogen and oxygen atoms in total. The van der Waals surface area contributed by atoms with Gasteiger partial charge in [0.1, 0.15) is 0 Å². The number of halogens is 1. The number of pyridine rings is 1. The van der Waals surface area contributed by atoms with Crippen LogP contribution in [0.3, 0.4) is 0 Å². The summed E-state index contributed by atoms with van der Waals surface area (Å²) in [4.78, 5) is 16.6. The van der Waals surface area contributed by atoms with Crippen LogP contribution in [0.5, 0.6) is 0 Å². The topological polar surface area (TPSA) is 88.2 Å².